The molecule has 0 atom stereocenters. The molecule has 2 heterocycles. The third-order valence-electron chi connectivity index (χ3n) is 3.72. The lowest BCUT2D eigenvalue weighted by molar-refractivity contribution is 0.0512. The molecule has 1 aliphatic carbocycles. The average molecular weight is 385 g/mol. The Bertz CT molecular complexity index is 647. The van der Waals surface area contributed by atoms with Gasteiger partial charge < -0.3 is 9.30 Å². The van der Waals surface area contributed by atoms with Crippen molar-refractivity contribution in [3.8, 4) is 0 Å². The maximum absolute atomic E-state index is 12.2. The van der Waals surface area contributed by atoms with Gasteiger partial charge in [-0.3, -0.25) is 0 Å². The summed E-state index contributed by atoms with van der Waals surface area (Å²) in [5, 5.41) is 0.903. The van der Waals surface area contributed by atoms with Gasteiger partial charge in [0.05, 0.1) is 6.61 Å². The van der Waals surface area contributed by atoms with Gasteiger partial charge in [-0.05, 0) is 25.8 Å². The van der Waals surface area contributed by atoms with Crippen molar-refractivity contribution in [2.24, 2.45) is 0 Å². The molecule has 0 bridgehead atoms. The van der Waals surface area contributed by atoms with Crippen molar-refractivity contribution < 1.29 is 9.53 Å². The lowest BCUT2D eigenvalue weighted by Crippen LogP contribution is -2.15. The van der Waals surface area contributed by atoms with Crippen LogP contribution in [0.1, 0.15) is 49.1 Å². The number of carbonyl (C=O) groups is 1. The van der Waals surface area contributed by atoms with E-state index in [1.165, 1.54) is 12.8 Å². The Kier molecular flexibility index (Phi) is 3.91. The van der Waals surface area contributed by atoms with Gasteiger partial charge in [0.25, 0.3) is 0 Å². The molecule has 5 nitrogen and oxygen atoms in total. The number of aromatic nitrogens is 3. The molecule has 6 heteroatoms. The van der Waals surface area contributed by atoms with Crippen molar-refractivity contribution in [1.82, 2.24) is 14.5 Å². The van der Waals surface area contributed by atoms with Gasteiger partial charge in [0.15, 0.2) is 3.83 Å². The molecule has 106 valence electrons. The topological polar surface area (TPSA) is 57.0 Å². The number of halogens is 1. The Labute approximate surface area is 130 Å². The Morgan fingerprint density at radius 2 is 2.25 bits per heavy atom. The first kappa shape index (κ1) is 13.8. The summed E-state index contributed by atoms with van der Waals surface area (Å²) < 4.78 is 7.93. The number of carbonyl (C=O) groups excluding carboxylic acids is 1. The van der Waals surface area contributed by atoms with Gasteiger partial charge in [0.1, 0.15) is 11.3 Å². The van der Waals surface area contributed by atoms with Crippen molar-refractivity contribution in [2.45, 2.75) is 38.6 Å². The predicted octanol–water partition coefficient (Wildman–Crippen LogP) is 3.33. The van der Waals surface area contributed by atoms with Crippen LogP contribution in [-0.2, 0) is 4.74 Å². The third-order valence-corrected chi connectivity index (χ3v) is 4.24. The highest BCUT2D eigenvalue weighted by Gasteiger charge is 2.26. The lowest BCUT2D eigenvalue weighted by atomic mass is 10.2. The first-order valence-corrected chi connectivity index (χ1v) is 7.99. The highest BCUT2D eigenvalue weighted by molar-refractivity contribution is 14.1. The van der Waals surface area contributed by atoms with Crippen LogP contribution >= 0.6 is 22.6 Å². The summed E-state index contributed by atoms with van der Waals surface area (Å²) in [5.41, 5.74) is 1.45. The smallest absolute Gasteiger partial charge is 0.355 e. The number of ether oxygens (including phenoxy) is 1. The summed E-state index contributed by atoms with van der Waals surface area (Å²) in [4.78, 5) is 20.9. The molecular weight excluding hydrogens is 369 g/mol. The molecule has 20 heavy (non-hydrogen) atoms. The molecule has 0 aliphatic heterocycles. The molecule has 2 aromatic rings. The van der Waals surface area contributed by atoms with Crippen molar-refractivity contribution >= 4 is 39.6 Å². The second-order valence-electron chi connectivity index (χ2n) is 4.98. The Morgan fingerprint density at radius 3 is 2.95 bits per heavy atom. The minimum absolute atomic E-state index is 0.271. The molecule has 1 saturated carbocycles. The first-order valence-electron chi connectivity index (χ1n) is 6.91. The first-order chi connectivity index (χ1) is 9.70. The summed E-state index contributed by atoms with van der Waals surface area (Å²) in [6.45, 7) is 2.21. The van der Waals surface area contributed by atoms with Gasteiger partial charge in [0.2, 0.25) is 0 Å². The number of hydrogen-bond acceptors (Lipinski definition) is 4. The number of hydrogen-bond donors (Lipinski definition) is 0. The molecule has 2 aromatic heterocycles. The maximum atomic E-state index is 12.2. The van der Waals surface area contributed by atoms with Crippen molar-refractivity contribution in [3.63, 3.8) is 0 Å². The molecule has 0 aromatic carbocycles. The lowest BCUT2D eigenvalue weighted by Gasteiger charge is -2.16. The zero-order valence-corrected chi connectivity index (χ0v) is 13.5. The van der Waals surface area contributed by atoms with Gasteiger partial charge in [-0.15, -0.1) is 0 Å². The monoisotopic (exact) mass is 385 g/mol. The van der Waals surface area contributed by atoms with Crippen LogP contribution in [-0.4, -0.2) is 27.1 Å². The van der Waals surface area contributed by atoms with Crippen LogP contribution in [0.3, 0.4) is 0 Å². The van der Waals surface area contributed by atoms with Crippen molar-refractivity contribution in [2.75, 3.05) is 6.61 Å². The molecule has 0 saturated heterocycles. The quantitative estimate of drug-likeness (QED) is 0.462. The SMILES string of the molecule is CCOC(=O)c1cc2cnc(I)nc2n1C1CCCC1. The summed E-state index contributed by atoms with van der Waals surface area (Å²) in [6, 6.07) is 2.19. The van der Waals surface area contributed by atoms with E-state index in [-0.39, 0.29) is 5.97 Å². The molecule has 0 N–H and O–H groups in total. The van der Waals surface area contributed by atoms with E-state index in [4.69, 9.17) is 4.74 Å². The average Bonchev–Trinajstić information content (AvgIpc) is 3.04. The van der Waals surface area contributed by atoms with Crippen molar-refractivity contribution in [1.29, 1.82) is 0 Å². The molecule has 0 spiro atoms. The fraction of sp³-hybridized carbons (Fsp3) is 0.500. The van der Waals surface area contributed by atoms with Crippen LogP contribution < -0.4 is 0 Å². The Hall–Kier alpha value is -1.18. The van der Waals surface area contributed by atoms with E-state index in [0.29, 0.717) is 22.2 Å². The van der Waals surface area contributed by atoms with Crippen LogP contribution in [0.15, 0.2) is 12.3 Å². The van der Waals surface area contributed by atoms with E-state index >= 15 is 0 Å². The zero-order valence-electron chi connectivity index (χ0n) is 11.3. The highest BCUT2D eigenvalue weighted by Crippen LogP contribution is 2.34. The second-order valence-corrected chi connectivity index (χ2v) is 5.94. The normalized spacial score (nSPS) is 15.9. The van der Waals surface area contributed by atoms with Crippen LogP contribution in [0.25, 0.3) is 11.0 Å². The second kappa shape index (κ2) is 5.67. The van der Waals surface area contributed by atoms with E-state index in [1.54, 1.807) is 6.20 Å². The summed E-state index contributed by atoms with van der Waals surface area (Å²) in [7, 11) is 0. The van der Waals surface area contributed by atoms with Crippen LogP contribution in [0, 0.1) is 3.83 Å². The largest absolute Gasteiger partial charge is 0.461 e. The fourth-order valence-electron chi connectivity index (χ4n) is 2.88. The van der Waals surface area contributed by atoms with Gasteiger partial charge in [0, 0.05) is 40.2 Å². The summed E-state index contributed by atoms with van der Waals surface area (Å²) >= 11 is 2.10. The van der Waals surface area contributed by atoms with Crippen LogP contribution in [0.4, 0.5) is 0 Å². The fourth-order valence-corrected chi connectivity index (χ4v) is 3.25. The molecule has 1 aliphatic rings. The zero-order chi connectivity index (χ0) is 14.1. The molecule has 1 fully saturated rings. The molecule has 3 rings (SSSR count). The van der Waals surface area contributed by atoms with Gasteiger partial charge in [-0.25, -0.2) is 14.8 Å². The van der Waals surface area contributed by atoms with Gasteiger partial charge >= 0.3 is 5.97 Å². The summed E-state index contributed by atoms with van der Waals surface area (Å²) in [5.74, 6) is -0.271. The highest BCUT2D eigenvalue weighted by atomic mass is 127. The maximum Gasteiger partial charge on any atom is 0.355 e. The predicted molar refractivity (Wildman–Crippen MR) is 83.7 cm³/mol. The molecule has 0 radical (unpaired) electrons. The number of esters is 1. The standard InChI is InChI=1S/C14H16IN3O2/c1-2-20-13(19)11-7-9-8-16-14(15)17-12(9)18(11)10-5-3-4-6-10/h7-8,10H,2-6H2,1H3. The Balaban J connectivity index is 2.16. The molecule has 0 unspecified atom stereocenters. The van der Waals surface area contributed by atoms with E-state index in [0.717, 1.165) is 23.9 Å². The minimum Gasteiger partial charge on any atom is -0.461 e. The van der Waals surface area contributed by atoms with Crippen LogP contribution in [0.2, 0.25) is 0 Å². The van der Waals surface area contributed by atoms with Gasteiger partial charge in [-0.2, -0.15) is 0 Å². The van der Waals surface area contributed by atoms with Crippen molar-refractivity contribution in [3.05, 3.63) is 21.8 Å². The number of nitrogens with zero attached hydrogens (tertiary/aromatic N) is 3. The van der Waals surface area contributed by atoms with E-state index in [2.05, 4.69) is 37.1 Å². The van der Waals surface area contributed by atoms with E-state index in [1.807, 2.05) is 13.0 Å². The number of fused-ring (bicyclic) bond motifs is 1. The summed E-state index contributed by atoms with van der Waals surface area (Å²) in [6.07, 6.45) is 6.37. The van der Waals surface area contributed by atoms with E-state index in [9.17, 15) is 4.79 Å². The minimum atomic E-state index is -0.271. The van der Waals surface area contributed by atoms with Crippen LogP contribution in [0.5, 0.6) is 0 Å². The van der Waals surface area contributed by atoms with E-state index < -0.39 is 0 Å². The number of rotatable bonds is 3. The Morgan fingerprint density at radius 1 is 1.50 bits per heavy atom. The third kappa shape index (κ3) is 2.41. The molecule has 0 amide bonds. The van der Waals surface area contributed by atoms with Gasteiger partial charge in [-0.1, -0.05) is 12.8 Å². The molecular formula is C14H16IN3O2.